The summed E-state index contributed by atoms with van der Waals surface area (Å²) < 4.78 is 28.5. The van der Waals surface area contributed by atoms with Crippen LogP contribution in [0, 0.1) is 12.7 Å². The van der Waals surface area contributed by atoms with Gasteiger partial charge in [0.25, 0.3) is 5.56 Å². The van der Waals surface area contributed by atoms with Crippen LogP contribution in [0.2, 0.25) is 0 Å². The highest BCUT2D eigenvalue weighted by molar-refractivity contribution is 7.85. The fourth-order valence-electron chi connectivity index (χ4n) is 3.82. The first-order valence-corrected chi connectivity index (χ1v) is 9.66. The van der Waals surface area contributed by atoms with E-state index in [-0.39, 0.29) is 28.2 Å². The Kier molecular flexibility index (Phi) is 3.73. The number of pyridine rings is 2. The van der Waals surface area contributed by atoms with Gasteiger partial charge in [0.15, 0.2) is 0 Å². The fraction of sp³-hybridized carbons (Fsp3) is 0.529. The summed E-state index contributed by atoms with van der Waals surface area (Å²) in [6.07, 6.45) is 0. The minimum atomic E-state index is -1.40. The van der Waals surface area contributed by atoms with Crippen LogP contribution in [0.4, 0.5) is 10.1 Å². The lowest BCUT2D eigenvalue weighted by Crippen LogP contribution is -2.60. The number of aryl methyl sites for hydroxylation is 2. The van der Waals surface area contributed by atoms with E-state index in [2.05, 4.69) is 21.7 Å². The molecular weight excluding hydrogens is 343 g/mol. The molecule has 0 amide bonds. The highest BCUT2D eigenvalue weighted by Crippen LogP contribution is 2.37. The molecule has 2 aromatic heterocycles. The molecule has 6 nitrogen and oxygen atoms in total. The number of likely N-dealkylation sites (N-methyl/N-ethyl adjacent to an activating group) is 1. The molecule has 134 valence electrons. The number of halogens is 1. The molecule has 0 saturated carbocycles. The van der Waals surface area contributed by atoms with E-state index >= 15 is 0 Å². The molecule has 3 unspecified atom stereocenters. The number of anilines is 1. The van der Waals surface area contributed by atoms with Gasteiger partial charge in [0.2, 0.25) is 0 Å². The molecule has 3 atom stereocenters. The van der Waals surface area contributed by atoms with Crippen molar-refractivity contribution in [1.82, 2.24) is 14.5 Å². The van der Waals surface area contributed by atoms with Crippen LogP contribution in [-0.4, -0.2) is 56.6 Å². The van der Waals surface area contributed by atoms with Gasteiger partial charge in [-0.05, 0) is 27.0 Å². The van der Waals surface area contributed by atoms with Crippen molar-refractivity contribution in [3.05, 3.63) is 27.9 Å². The zero-order chi connectivity index (χ0) is 18.0. The van der Waals surface area contributed by atoms with E-state index < -0.39 is 16.6 Å². The van der Waals surface area contributed by atoms with Crippen LogP contribution in [0.1, 0.15) is 12.6 Å². The molecule has 0 N–H and O–H groups in total. The number of rotatable bonds is 0. The van der Waals surface area contributed by atoms with Crippen LogP contribution in [0.25, 0.3) is 11.0 Å². The maximum Gasteiger partial charge on any atom is 0.270 e. The molecule has 25 heavy (non-hydrogen) atoms. The number of fused-ring (bicyclic) bond motifs is 5. The first-order valence-electron chi connectivity index (χ1n) is 8.34. The number of nitrogens with zero attached hydrogens (tertiary/aromatic N) is 4. The summed E-state index contributed by atoms with van der Waals surface area (Å²) in [4.78, 5) is 21.8. The van der Waals surface area contributed by atoms with Gasteiger partial charge >= 0.3 is 0 Å². The smallest absolute Gasteiger partial charge is 0.270 e. The SMILES string of the molecule is Cc1nc2c(cc1F)c1c(c(=O)n2C)S(=O)CC2CN(C)C(C)CN12. The predicted octanol–water partition coefficient (Wildman–Crippen LogP) is 1.01. The van der Waals surface area contributed by atoms with Crippen LogP contribution < -0.4 is 10.5 Å². The van der Waals surface area contributed by atoms with E-state index in [4.69, 9.17) is 0 Å². The van der Waals surface area contributed by atoms with Crippen molar-refractivity contribution in [1.29, 1.82) is 0 Å². The molecule has 0 aliphatic carbocycles. The Hall–Kier alpha value is -1.80. The third-order valence-electron chi connectivity index (χ3n) is 5.43. The number of piperazine rings is 1. The standard InChI is InChI=1S/C17H21FN4O2S/c1-9-6-22-11(7-20(9)3)8-25(24)15-14(22)12-5-13(18)10(2)19-16(12)21(4)17(15)23/h5,9,11H,6-8H2,1-4H3. The van der Waals surface area contributed by atoms with Crippen LogP contribution in [0.3, 0.4) is 0 Å². The molecule has 0 aromatic carbocycles. The molecule has 4 rings (SSSR count). The molecule has 2 aromatic rings. The van der Waals surface area contributed by atoms with Gasteiger partial charge in [-0.15, -0.1) is 0 Å². The summed E-state index contributed by atoms with van der Waals surface area (Å²) in [6, 6.07) is 1.77. The van der Waals surface area contributed by atoms with Gasteiger partial charge in [-0.1, -0.05) is 0 Å². The molecule has 0 radical (unpaired) electrons. The fourth-order valence-corrected chi connectivity index (χ4v) is 5.40. The van der Waals surface area contributed by atoms with E-state index in [1.165, 1.54) is 10.6 Å². The number of hydrogen-bond acceptors (Lipinski definition) is 5. The van der Waals surface area contributed by atoms with E-state index in [0.29, 0.717) is 29.0 Å². The van der Waals surface area contributed by atoms with Crippen molar-refractivity contribution < 1.29 is 8.60 Å². The Morgan fingerprint density at radius 1 is 1.32 bits per heavy atom. The molecule has 1 saturated heterocycles. The third kappa shape index (κ3) is 2.34. The Balaban J connectivity index is 2.08. The van der Waals surface area contributed by atoms with Gasteiger partial charge in [-0.25, -0.2) is 9.37 Å². The molecule has 0 spiro atoms. The topological polar surface area (TPSA) is 58.4 Å². The molecule has 1 fully saturated rings. The lowest BCUT2D eigenvalue weighted by atomic mass is 10.1. The average Bonchev–Trinajstić information content (AvgIpc) is 2.55. The average molecular weight is 364 g/mol. The number of aromatic nitrogens is 2. The first-order chi connectivity index (χ1) is 11.8. The van der Waals surface area contributed by atoms with Gasteiger partial charge in [-0.2, -0.15) is 0 Å². The second kappa shape index (κ2) is 5.60. The Morgan fingerprint density at radius 2 is 2.04 bits per heavy atom. The Morgan fingerprint density at radius 3 is 2.76 bits per heavy atom. The minimum absolute atomic E-state index is 0.0502. The van der Waals surface area contributed by atoms with E-state index in [9.17, 15) is 13.4 Å². The second-order valence-corrected chi connectivity index (χ2v) is 8.51. The van der Waals surface area contributed by atoms with Gasteiger partial charge in [0.1, 0.15) is 16.4 Å². The van der Waals surface area contributed by atoms with Crippen molar-refractivity contribution in [3.8, 4) is 0 Å². The van der Waals surface area contributed by atoms with Gasteiger partial charge in [0.05, 0.1) is 34.0 Å². The van der Waals surface area contributed by atoms with E-state index in [1.807, 2.05) is 7.05 Å². The first kappa shape index (κ1) is 16.7. The second-order valence-electron chi connectivity index (χ2n) is 7.08. The van der Waals surface area contributed by atoms with Gasteiger partial charge in [-0.3, -0.25) is 18.5 Å². The van der Waals surface area contributed by atoms with Crippen molar-refractivity contribution in [2.75, 3.05) is 30.8 Å². The minimum Gasteiger partial charge on any atom is -0.363 e. The van der Waals surface area contributed by atoms with Crippen molar-refractivity contribution in [2.24, 2.45) is 7.05 Å². The van der Waals surface area contributed by atoms with E-state index in [0.717, 1.165) is 6.54 Å². The summed E-state index contributed by atoms with van der Waals surface area (Å²) in [7, 11) is 2.25. The Labute approximate surface area is 147 Å². The molecule has 0 bridgehead atoms. The zero-order valence-electron chi connectivity index (χ0n) is 14.7. The van der Waals surface area contributed by atoms with Gasteiger partial charge < -0.3 is 4.90 Å². The summed E-state index contributed by atoms with van der Waals surface area (Å²) in [6.45, 7) is 5.18. The van der Waals surface area contributed by atoms with Crippen LogP contribution >= 0.6 is 0 Å². The summed E-state index contributed by atoms with van der Waals surface area (Å²) in [5, 5.41) is 0.565. The Bertz CT molecular complexity index is 973. The summed E-state index contributed by atoms with van der Waals surface area (Å²) >= 11 is 0. The monoisotopic (exact) mass is 364 g/mol. The maximum absolute atomic E-state index is 14.3. The predicted molar refractivity (Wildman–Crippen MR) is 96.2 cm³/mol. The molecular formula is C17H21FN4O2S. The van der Waals surface area contributed by atoms with Crippen LogP contribution in [-0.2, 0) is 17.8 Å². The lowest BCUT2D eigenvalue weighted by Gasteiger charge is -2.47. The summed E-state index contributed by atoms with van der Waals surface area (Å²) in [5.74, 6) is 0.00970. The normalized spacial score (nSPS) is 26.6. The third-order valence-corrected chi connectivity index (χ3v) is 6.94. The molecule has 2 aliphatic heterocycles. The molecule has 4 heterocycles. The van der Waals surface area contributed by atoms with Crippen molar-refractivity contribution in [3.63, 3.8) is 0 Å². The quantitative estimate of drug-likeness (QED) is 0.698. The van der Waals surface area contributed by atoms with E-state index in [1.54, 1.807) is 14.0 Å². The van der Waals surface area contributed by atoms with Crippen LogP contribution in [0.5, 0.6) is 0 Å². The highest BCUT2D eigenvalue weighted by atomic mass is 32.2. The van der Waals surface area contributed by atoms with Crippen molar-refractivity contribution in [2.45, 2.75) is 30.8 Å². The number of hydrogen-bond donors (Lipinski definition) is 0. The zero-order valence-corrected chi connectivity index (χ0v) is 15.6. The molecule has 2 aliphatic rings. The summed E-state index contributed by atoms with van der Waals surface area (Å²) in [5.41, 5.74) is 0.998. The van der Waals surface area contributed by atoms with Crippen molar-refractivity contribution >= 4 is 27.5 Å². The highest BCUT2D eigenvalue weighted by Gasteiger charge is 2.39. The van der Waals surface area contributed by atoms with Gasteiger partial charge in [0, 0.05) is 31.6 Å². The largest absolute Gasteiger partial charge is 0.363 e. The maximum atomic E-state index is 14.3. The van der Waals surface area contributed by atoms with Crippen LogP contribution in [0.15, 0.2) is 15.8 Å². The molecule has 8 heteroatoms. The lowest BCUT2D eigenvalue weighted by molar-refractivity contribution is 0.205.